The van der Waals surface area contributed by atoms with Gasteiger partial charge in [0.15, 0.2) is 0 Å². The zero-order valence-corrected chi connectivity index (χ0v) is 7.91. The summed E-state index contributed by atoms with van der Waals surface area (Å²) < 4.78 is 0. The maximum atomic E-state index is 10.4. The van der Waals surface area contributed by atoms with Gasteiger partial charge in [0.2, 0.25) is 0 Å². The first kappa shape index (κ1) is 10.2. The molecule has 2 heteroatoms. The first-order valence-electron chi connectivity index (χ1n) is 4.26. The molecule has 0 aliphatic heterocycles. The van der Waals surface area contributed by atoms with Crippen molar-refractivity contribution in [3.05, 3.63) is 34.9 Å². The number of hydrogen-bond donors (Lipinski definition) is 0. The van der Waals surface area contributed by atoms with Gasteiger partial charge < -0.3 is 4.79 Å². The molecule has 0 atom stereocenters. The molecule has 0 N–H and O–H groups in total. The van der Waals surface area contributed by atoms with E-state index in [1.165, 1.54) is 0 Å². The fourth-order valence-electron chi connectivity index (χ4n) is 1.09. The number of rotatable bonds is 2. The van der Waals surface area contributed by atoms with E-state index < -0.39 is 0 Å². The van der Waals surface area contributed by atoms with Gasteiger partial charge in [0.05, 0.1) is 6.42 Å². The third-order valence-electron chi connectivity index (χ3n) is 1.79. The zero-order chi connectivity index (χ0) is 10.4. The maximum Gasteiger partial charge on any atom is 0.150 e. The average molecular weight is 186 g/mol. The van der Waals surface area contributed by atoms with Gasteiger partial charge in [-0.15, -0.1) is 0 Å². The van der Waals surface area contributed by atoms with E-state index in [2.05, 4.69) is 11.8 Å². The van der Waals surface area contributed by atoms with E-state index in [-0.39, 0.29) is 6.42 Å². The van der Waals surface area contributed by atoms with Gasteiger partial charge in [-0.3, -0.25) is 4.79 Å². The predicted octanol–water partition coefficient (Wildman–Crippen LogP) is 1.75. The molecule has 1 aromatic carbocycles. The van der Waals surface area contributed by atoms with Crippen molar-refractivity contribution in [3.8, 4) is 11.8 Å². The first-order chi connectivity index (χ1) is 6.77. The summed E-state index contributed by atoms with van der Waals surface area (Å²) in [5.74, 6) is 5.59. The lowest BCUT2D eigenvalue weighted by Gasteiger charge is -1.97. The molecule has 0 amide bonds. The predicted molar refractivity (Wildman–Crippen MR) is 54.1 cm³/mol. The molecule has 0 aliphatic rings. The van der Waals surface area contributed by atoms with Crippen LogP contribution in [0.25, 0.3) is 0 Å². The van der Waals surface area contributed by atoms with Crippen LogP contribution in [0.4, 0.5) is 0 Å². The number of carbonyl (C=O) groups is 2. The van der Waals surface area contributed by atoms with Crippen LogP contribution in [0.2, 0.25) is 0 Å². The summed E-state index contributed by atoms with van der Waals surface area (Å²) in [6, 6.07) is 5.28. The van der Waals surface area contributed by atoms with Crippen molar-refractivity contribution >= 4 is 12.6 Å². The van der Waals surface area contributed by atoms with Crippen LogP contribution in [0.15, 0.2) is 18.2 Å². The highest BCUT2D eigenvalue weighted by atomic mass is 16.1. The molecular weight excluding hydrogens is 176 g/mol. The summed E-state index contributed by atoms with van der Waals surface area (Å²) in [4.78, 5) is 20.5. The molecule has 0 saturated carbocycles. The van der Waals surface area contributed by atoms with Crippen LogP contribution < -0.4 is 0 Å². The van der Waals surface area contributed by atoms with Gasteiger partial charge in [-0.2, -0.15) is 0 Å². The molecule has 0 heterocycles. The van der Waals surface area contributed by atoms with Crippen molar-refractivity contribution in [3.63, 3.8) is 0 Å². The van der Waals surface area contributed by atoms with Crippen molar-refractivity contribution in [2.45, 2.75) is 13.3 Å². The Morgan fingerprint density at radius 3 is 2.71 bits per heavy atom. The van der Waals surface area contributed by atoms with Crippen LogP contribution in [0.5, 0.6) is 0 Å². The van der Waals surface area contributed by atoms with Gasteiger partial charge in [0.25, 0.3) is 0 Å². The Bertz CT molecular complexity index is 408. The molecule has 14 heavy (non-hydrogen) atoms. The lowest BCUT2D eigenvalue weighted by atomic mass is 10.1. The number of aryl methyl sites for hydroxylation is 1. The molecule has 0 aromatic heterocycles. The van der Waals surface area contributed by atoms with Gasteiger partial charge in [-0.1, -0.05) is 17.9 Å². The van der Waals surface area contributed by atoms with Gasteiger partial charge in [-0.25, -0.2) is 0 Å². The minimum absolute atomic E-state index is 0.245. The van der Waals surface area contributed by atoms with Crippen LogP contribution in [0.3, 0.4) is 0 Å². The molecule has 70 valence electrons. The Kier molecular flexibility index (Phi) is 3.63. The Morgan fingerprint density at radius 1 is 1.36 bits per heavy atom. The van der Waals surface area contributed by atoms with E-state index in [0.717, 1.165) is 23.7 Å². The maximum absolute atomic E-state index is 10.4. The summed E-state index contributed by atoms with van der Waals surface area (Å²) in [6.45, 7) is 1.89. The van der Waals surface area contributed by atoms with E-state index in [0.29, 0.717) is 5.56 Å². The Hall–Kier alpha value is -1.88. The lowest BCUT2D eigenvalue weighted by molar-refractivity contribution is -0.107. The molecule has 0 radical (unpaired) electrons. The van der Waals surface area contributed by atoms with Crippen molar-refractivity contribution in [1.82, 2.24) is 0 Å². The quantitative estimate of drug-likeness (QED) is 0.521. The fourth-order valence-corrected chi connectivity index (χ4v) is 1.09. The highest BCUT2D eigenvalue weighted by Crippen LogP contribution is 2.08. The van der Waals surface area contributed by atoms with E-state index in [9.17, 15) is 9.59 Å². The number of benzene rings is 1. The van der Waals surface area contributed by atoms with E-state index >= 15 is 0 Å². The van der Waals surface area contributed by atoms with Gasteiger partial charge in [0.1, 0.15) is 12.6 Å². The summed E-state index contributed by atoms with van der Waals surface area (Å²) >= 11 is 0. The number of carbonyl (C=O) groups excluding carboxylic acids is 2. The smallest absolute Gasteiger partial charge is 0.150 e. The molecule has 0 saturated heterocycles. The van der Waals surface area contributed by atoms with E-state index in [1.54, 1.807) is 18.2 Å². The summed E-state index contributed by atoms with van der Waals surface area (Å²) in [5, 5.41) is 0. The standard InChI is InChI=1S/C12H10O2/c1-10-8-11(9-14)5-6-12(10)4-2-3-7-13/h5-9H,3H2,1H3. The minimum atomic E-state index is 0.245. The number of hydrogen-bond acceptors (Lipinski definition) is 2. The van der Waals surface area contributed by atoms with Crippen molar-refractivity contribution in [1.29, 1.82) is 0 Å². The van der Waals surface area contributed by atoms with Crippen LogP contribution in [-0.4, -0.2) is 12.6 Å². The molecule has 0 bridgehead atoms. The summed E-state index contributed by atoms with van der Waals surface area (Å²) in [7, 11) is 0. The molecule has 0 spiro atoms. The van der Waals surface area contributed by atoms with Crippen LogP contribution >= 0.6 is 0 Å². The van der Waals surface area contributed by atoms with Crippen LogP contribution in [0, 0.1) is 18.8 Å². The normalized spacial score (nSPS) is 8.64. The highest BCUT2D eigenvalue weighted by Gasteiger charge is 1.95. The fraction of sp³-hybridized carbons (Fsp3) is 0.167. The second-order valence-electron chi connectivity index (χ2n) is 2.86. The number of aldehydes is 2. The third-order valence-corrected chi connectivity index (χ3v) is 1.79. The lowest BCUT2D eigenvalue weighted by Crippen LogP contribution is -1.86. The Morgan fingerprint density at radius 2 is 2.14 bits per heavy atom. The van der Waals surface area contributed by atoms with Crippen molar-refractivity contribution < 1.29 is 9.59 Å². The van der Waals surface area contributed by atoms with Crippen molar-refractivity contribution in [2.75, 3.05) is 0 Å². The molecule has 0 aliphatic carbocycles. The summed E-state index contributed by atoms with van der Waals surface area (Å²) in [5.41, 5.74) is 2.45. The van der Waals surface area contributed by atoms with E-state index in [1.807, 2.05) is 6.92 Å². The second-order valence-corrected chi connectivity index (χ2v) is 2.86. The molecule has 2 nitrogen and oxygen atoms in total. The van der Waals surface area contributed by atoms with Crippen molar-refractivity contribution in [2.24, 2.45) is 0 Å². The first-order valence-corrected chi connectivity index (χ1v) is 4.26. The third kappa shape index (κ3) is 2.56. The average Bonchev–Trinajstić information content (AvgIpc) is 2.20. The topological polar surface area (TPSA) is 34.1 Å². The molecule has 0 fully saturated rings. The Labute approximate surface area is 82.9 Å². The van der Waals surface area contributed by atoms with Gasteiger partial charge in [-0.05, 0) is 24.6 Å². The molecule has 0 unspecified atom stereocenters. The SMILES string of the molecule is Cc1cc(C=O)ccc1C#CCC=O. The molecule has 1 rings (SSSR count). The highest BCUT2D eigenvalue weighted by molar-refractivity contribution is 5.75. The second kappa shape index (κ2) is 4.98. The van der Waals surface area contributed by atoms with Gasteiger partial charge in [0, 0.05) is 11.1 Å². The minimum Gasteiger partial charge on any atom is -0.302 e. The summed E-state index contributed by atoms with van der Waals surface area (Å²) in [6.07, 6.45) is 1.81. The largest absolute Gasteiger partial charge is 0.302 e. The molecule has 1 aromatic rings. The molecular formula is C12H10O2. The Balaban J connectivity index is 2.96. The van der Waals surface area contributed by atoms with Gasteiger partial charge >= 0.3 is 0 Å². The van der Waals surface area contributed by atoms with E-state index in [4.69, 9.17) is 0 Å². The van der Waals surface area contributed by atoms with Crippen LogP contribution in [0.1, 0.15) is 27.9 Å². The zero-order valence-electron chi connectivity index (χ0n) is 7.91. The van der Waals surface area contributed by atoms with Crippen LogP contribution in [-0.2, 0) is 4.79 Å². The monoisotopic (exact) mass is 186 g/mol.